The van der Waals surface area contributed by atoms with Gasteiger partial charge in [-0.05, 0) is 35.4 Å². The summed E-state index contributed by atoms with van der Waals surface area (Å²) in [6.07, 6.45) is -0.862. The van der Waals surface area contributed by atoms with Gasteiger partial charge in [-0.25, -0.2) is 13.2 Å². The number of rotatable bonds is 4. The first-order valence-electron chi connectivity index (χ1n) is 6.88. The van der Waals surface area contributed by atoms with Gasteiger partial charge in [-0.1, -0.05) is 11.6 Å². The molecule has 0 atom stereocenters. The molecule has 0 amide bonds. The van der Waals surface area contributed by atoms with Crippen molar-refractivity contribution in [2.24, 2.45) is 7.05 Å². The van der Waals surface area contributed by atoms with Crippen LogP contribution < -0.4 is 4.74 Å². The SMILES string of the molecule is Cn1ncc(I)c1-c1c(F)c(Cl)cc(OC2(C(F)F)CC2)c1C#N. The molecule has 0 saturated heterocycles. The lowest BCUT2D eigenvalue weighted by atomic mass is 10.0. The molecule has 1 aliphatic rings. The summed E-state index contributed by atoms with van der Waals surface area (Å²) >= 11 is 7.86. The first-order chi connectivity index (χ1) is 11.3. The van der Waals surface area contributed by atoms with Crippen molar-refractivity contribution >= 4 is 34.2 Å². The van der Waals surface area contributed by atoms with Crippen LogP contribution in [0.5, 0.6) is 5.75 Å². The van der Waals surface area contributed by atoms with E-state index in [4.69, 9.17) is 16.3 Å². The van der Waals surface area contributed by atoms with Gasteiger partial charge in [-0.2, -0.15) is 10.4 Å². The van der Waals surface area contributed by atoms with E-state index in [1.807, 2.05) is 28.7 Å². The van der Waals surface area contributed by atoms with Gasteiger partial charge in [0, 0.05) is 13.1 Å². The molecule has 0 bridgehead atoms. The summed E-state index contributed by atoms with van der Waals surface area (Å²) in [6, 6.07) is 2.93. The summed E-state index contributed by atoms with van der Waals surface area (Å²) in [4.78, 5) is 0. The zero-order valence-corrected chi connectivity index (χ0v) is 15.2. The number of hydrogen-bond acceptors (Lipinski definition) is 3. The minimum atomic E-state index is -2.70. The van der Waals surface area contributed by atoms with E-state index < -0.39 is 17.8 Å². The monoisotopic (exact) mass is 467 g/mol. The molecule has 9 heteroatoms. The van der Waals surface area contributed by atoms with E-state index in [1.54, 1.807) is 7.05 Å². The van der Waals surface area contributed by atoms with Crippen molar-refractivity contribution in [1.82, 2.24) is 9.78 Å². The van der Waals surface area contributed by atoms with Crippen LogP contribution in [0.2, 0.25) is 5.02 Å². The Morgan fingerprint density at radius 3 is 2.62 bits per heavy atom. The Labute approximate surface area is 154 Å². The van der Waals surface area contributed by atoms with E-state index in [0.29, 0.717) is 9.26 Å². The lowest BCUT2D eigenvalue weighted by Crippen LogP contribution is -2.28. The summed E-state index contributed by atoms with van der Waals surface area (Å²) in [6.45, 7) is 0. The second-order valence-corrected chi connectivity index (χ2v) is 7.03. The molecule has 126 valence electrons. The number of benzene rings is 1. The number of aryl methyl sites for hydroxylation is 1. The van der Waals surface area contributed by atoms with Gasteiger partial charge >= 0.3 is 0 Å². The molecule has 1 aliphatic carbocycles. The van der Waals surface area contributed by atoms with Crippen LogP contribution in [0.1, 0.15) is 18.4 Å². The molecule has 1 aromatic heterocycles. The van der Waals surface area contributed by atoms with Gasteiger partial charge in [0.1, 0.15) is 17.4 Å². The quantitative estimate of drug-likeness (QED) is 0.621. The van der Waals surface area contributed by atoms with Crippen LogP contribution in [0, 0.1) is 20.7 Å². The maximum absolute atomic E-state index is 14.6. The number of alkyl halides is 2. The highest BCUT2D eigenvalue weighted by Gasteiger charge is 2.54. The number of aromatic nitrogens is 2. The molecular formula is C15H10ClF3IN3O. The van der Waals surface area contributed by atoms with Crippen LogP contribution in [0.25, 0.3) is 11.3 Å². The highest BCUT2D eigenvalue weighted by Crippen LogP contribution is 2.48. The van der Waals surface area contributed by atoms with Crippen molar-refractivity contribution in [3.8, 4) is 23.1 Å². The van der Waals surface area contributed by atoms with Crippen molar-refractivity contribution in [3.05, 3.63) is 32.2 Å². The number of hydrogen-bond donors (Lipinski definition) is 0. The lowest BCUT2D eigenvalue weighted by molar-refractivity contribution is -0.00711. The fourth-order valence-corrected chi connectivity index (χ4v) is 3.35. The molecule has 1 fully saturated rings. The van der Waals surface area contributed by atoms with Gasteiger partial charge in [-0.3, -0.25) is 4.68 Å². The van der Waals surface area contributed by atoms with Gasteiger partial charge < -0.3 is 4.74 Å². The number of nitrogens with zero attached hydrogens (tertiary/aromatic N) is 3. The van der Waals surface area contributed by atoms with E-state index in [-0.39, 0.29) is 34.7 Å². The zero-order valence-electron chi connectivity index (χ0n) is 12.3. The molecule has 0 N–H and O–H groups in total. The molecule has 24 heavy (non-hydrogen) atoms. The third-order valence-electron chi connectivity index (χ3n) is 3.88. The van der Waals surface area contributed by atoms with Crippen LogP contribution in [-0.2, 0) is 7.05 Å². The minimum absolute atomic E-state index is 0.102. The van der Waals surface area contributed by atoms with E-state index >= 15 is 0 Å². The fourth-order valence-electron chi connectivity index (χ4n) is 2.42. The molecule has 0 radical (unpaired) electrons. The zero-order chi connectivity index (χ0) is 17.6. The summed E-state index contributed by atoms with van der Waals surface area (Å²) < 4.78 is 48.3. The second-order valence-electron chi connectivity index (χ2n) is 5.46. The molecule has 1 heterocycles. The lowest BCUT2D eigenvalue weighted by Gasteiger charge is -2.20. The topological polar surface area (TPSA) is 50.8 Å². The largest absolute Gasteiger partial charge is 0.480 e. The van der Waals surface area contributed by atoms with E-state index in [0.717, 1.165) is 6.07 Å². The van der Waals surface area contributed by atoms with Crippen molar-refractivity contribution in [1.29, 1.82) is 5.26 Å². The Kier molecular flexibility index (Phi) is 4.42. The van der Waals surface area contributed by atoms with Crippen LogP contribution in [0.3, 0.4) is 0 Å². The first kappa shape index (κ1) is 17.4. The van der Waals surface area contributed by atoms with Crippen molar-refractivity contribution in [3.63, 3.8) is 0 Å². The minimum Gasteiger partial charge on any atom is -0.480 e. The van der Waals surface area contributed by atoms with Crippen molar-refractivity contribution in [2.75, 3.05) is 0 Å². The summed E-state index contributed by atoms with van der Waals surface area (Å²) in [5.74, 6) is -0.960. The molecule has 1 aromatic carbocycles. The van der Waals surface area contributed by atoms with Crippen LogP contribution in [-0.4, -0.2) is 21.8 Å². The van der Waals surface area contributed by atoms with Crippen LogP contribution in [0.15, 0.2) is 12.3 Å². The van der Waals surface area contributed by atoms with E-state index in [9.17, 15) is 18.4 Å². The molecular weight excluding hydrogens is 458 g/mol. The van der Waals surface area contributed by atoms with Crippen LogP contribution >= 0.6 is 34.2 Å². The van der Waals surface area contributed by atoms with Gasteiger partial charge in [0.25, 0.3) is 6.43 Å². The molecule has 1 saturated carbocycles. The molecule has 4 nitrogen and oxygen atoms in total. The van der Waals surface area contributed by atoms with Gasteiger partial charge in [0.2, 0.25) is 0 Å². The van der Waals surface area contributed by atoms with E-state index in [2.05, 4.69) is 5.10 Å². The highest BCUT2D eigenvalue weighted by atomic mass is 127. The number of nitriles is 1. The number of ether oxygens (including phenoxy) is 1. The molecule has 0 unspecified atom stereocenters. The Bertz CT molecular complexity index is 839. The Balaban J connectivity index is 2.22. The Morgan fingerprint density at radius 2 is 2.17 bits per heavy atom. The van der Waals surface area contributed by atoms with Gasteiger partial charge in [0.05, 0.1) is 26.0 Å². The van der Waals surface area contributed by atoms with E-state index in [1.165, 1.54) is 10.9 Å². The third-order valence-corrected chi connectivity index (χ3v) is 4.94. The molecule has 0 aliphatic heterocycles. The highest BCUT2D eigenvalue weighted by molar-refractivity contribution is 14.1. The average molecular weight is 468 g/mol. The standard InChI is InChI=1S/C15H10ClF3IN3O/c1-23-13(9(20)6-22-23)11-7(5-21)10(4-8(16)12(11)17)24-15(2-3-15)14(18)19/h4,6,14H,2-3H2,1H3. The third kappa shape index (κ3) is 2.73. The maximum atomic E-state index is 14.6. The molecule has 0 spiro atoms. The average Bonchev–Trinajstić information content (AvgIpc) is 3.24. The van der Waals surface area contributed by atoms with Gasteiger partial charge in [0.15, 0.2) is 11.4 Å². The van der Waals surface area contributed by atoms with Crippen LogP contribution in [0.4, 0.5) is 13.2 Å². The van der Waals surface area contributed by atoms with Crippen molar-refractivity contribution < 1.29 is 17.9 Å². The Morgan fingerprint density at radius 1 is 1.50 bits per heavy atom. The number of halogens is 5. The maximum Gasteiger partial charge on any atom is 0.277 e. The predicted octanol–water partition coefficient (Wildman–Crippen LogP) is 4.53. The Hall–Kier alpha value is -1.47. The second kappa shape index (κ2) is 6.11. The fraction of sp³-hybridized carbons (Fsp3) is 0.333. The predicted molar refractivity (Wildman–Crippen MR) is 89.6 cm³/mol. The summed E-state index contributed by atoms with van der Waals surface area (Å²) in [7, 11) is 1.58. The summed E-state index contributed by atoms with van der Waals surface area (Å²) in [5.41, 5.74) is -1.57. The normalized spacial score (nSPS) is 15.4. The molecule has 3 rings (SSSR count). The van der Waals surface area contributed by atoms with Crippen molar-refractivity contribution in [2.45, 2.75) is 24.9 Å². The first-order valence-corrected chi connectivity index (χ1v) is 8.33. The summed E-state index contributed by atoms with van der Waals surface area (Å²) in [5, 5.41) is 13.2. The smallest absolute Gasteiger partial charge is 0.277 e. The molecule has 2 aromatic rings. The van der Waals surface area contributed by atoms with Gasteiger partial charge in [-0.15, -0.1) is 0 Å².